The monoisotopic (exact) mass is 298 g/mol. The van der Waals surface area contributed by atoms with E-state index in [9.17, 15) is 13.6 Å². The highest BCUT2D eigenvalue weighted by Crippen LogP contribution is 2.24. The van der Waals surface area contributed by atoms with Gasteiger partial charge in [-0.3, -0.25) is 0 Å². The van der Waals surface area contributed by atoms with Crippen LogP contribution in [0.25, 0.3) is 0 Å². The van der Waals surface area contributed by atoms with Crippen molar-refractivity contribution in [3.8, 4) is 5.75 Å². The molecular weight excluding hydrogens is 282 g/mol. The van der Waals surface area contributed by atoms with Gasteiger partial charge < -0.3 is 20.5 Å². The maximum absolute atomic E-state index is 13.7. The quantitative estimate of drug-likeness (QED) is 0.745. The maximum Gasteiger partial charge on any atom is 0.319 e. The SMILES string of the molecule is COc1cc(F)c(NC(=O)N[C@@H]2C=C[C@H](CO)C2)cc1F. The second-order valence-electron chi connectivity index (χ2n) is 4.73. The summed E-state index contributed by atoms with van der Waals surface area (Å²) in [7, 11) is 1.22. The van der Waals surface area contributed by atoms with Gasteiger partial charge in [0, 0.05) is 30.7 Å². The minimum absolute atomic E-state index is 0.00506. The summed E-state index contributed by atoms with van der Waals surface area (Å²) in [5, 5.41) is 13.8. The number of rotatable bonds is 4. The number of aliphatic hydroxyl groups is 1. The average molecular weight is 298 g/mol. The van der Waals surface area contributed by atoms with Gasteiger partial charge >= 0.3 is 6.03 Å². The van der Waals surface area contributed by atoms with Gasteiger partial charge in [0.05, 0.1) is 12.8 Å². The van der Waals surface area contributed by atoms with Crippen LogP contribution in [0.3, 0.4) is 0 Å². The van der Waals surface area contributed by atoms with Crippen molar-refractivity contribution in [2.75, 3.05) is 19.0 Å². The molecule has 0 saturated heterocycles. The molecule has 0 spiro atoms. The molecule has 0 aromatic heterocycles. The molecule has 1 aromatic rings. The van der Waals surface area contributed by atoms with E-state index in [4.69, 9.17) is 5.11 Å². The minimum atomic E-state index is -0.793. The number of halogens is 2. The Kier molecular flexibility index (Phi) is 4.74. The van der Waals surface area contributed by atoms with Crippen molar-refractivity contribution in [3.63, 3.8) is 0 Å². The Balaban J connectivity index is 1.97. The number of methoxy groups -OCH3 is 1. The van der Waals surface area contributed by atoms with Crippen LogP contribution in [-0.2, 0) is 0 Å². The predicted molar refractivity (Wildman–Crippen MR) is 73.2 cm³/mol. The topological polar surface area (TPSA) is 70.6 Å². The highest BCUT2D eigenvalue weighted by atomic mass is 19.1. The van der Waals surface area contributed by atoms with E-state index >= 15 is 0 Å². The lowest BCUT2D eigenvalue weighted by atomic mass is 10.1. The van der Waals surface area contributed by atoms with Crippen molar-refractivity contribution >= 4 is 11.7 Å². The first-order valence-electron chi connectivity index (χ1n) is 6.43. The van der Waals surface area contributed by atoms with Gasteiger partial charge in [-0.2, -0.15) is 0 Å². The van der Waals surface area contributed by atoms with Crippen LogP contribution in [-0.4, -0.2) is 30.9 Å². The van der Waals surface area contributed by atoms with Crippen molar-refractivity contribution < 1.29 is 23.4 Å². The molecule has 2 atom stereocenters. The standard InChI is InChI=1S/C14H16F2N2O3/c1-21-13-6-10(15)12(5-11(13)16)18-14(20)17-9-3-2-8(4-9)7-19/h2-3,5-6,8-9,19H,4,7H2,1H3,(H2,17,18,20)/t8-,9+/m0/s1. The molecule has 0 bridgehead atoms. The summed E-state index contributed by atoms with van der Waals surface area (Å²) in [6.45, 7) is 0.00855. The van der Waals surface area contributed by atoms with Crippen molar-refractivity contribution in [1.82, 2.24) is 5.32 Å². The lowest BCUT2D eigenvalue weighted by molar-refractivity contribution is 0.238. The Morgan fingerprint density at radius 2 is 2.14 bits per heavy atom. The van der Waals surface area contributed by atoms with Crippen LogP contribution in [0, 0.1) is 17.6 Å². The smallest absolute Gasteiger partial charge is 0.319 e. The average Bonchev–Trinajstić information content (AvgIpc) is 2.90. The van der Waals surface area contributed by atoms with Gasteiger partial charge in [0.2, 0.25) is 0 Å². The summed E-state index contributed by atoms with van der Waals surface area (Å²) >= 11 is 0. The van der Waals surface area contributed by atoms with Crippen LogP contribution in [0.4, 0.5) is 19.3 Å². The lowest BCUT2D eigenvalue weighted by Gasteiger charge is -2.14. The number of hydrogen-bond acceptors (Lipinski definition) is 3. The van der Waals surface area contributed by atoms with Crippen molar-refractivity contribution in [2.45, 2.75) is 12.5 Å². The molecule has 0 heterocycles. The number of benzene rings is 1. The van der Waals surface area contributed by atoms with E-state index in [-0.39, 0.29) is 30.0 Å². The third kappa shape index (κ3) is 3.69. The molecule has 5 nitrogen and oxygen atoms in total. The molecule has 0 saturated carbocycles. The number of urea groups is 1. The van der Waals surface area contributed by atoms with Crippen LogP contribution >= 0.6 is 0 Å². The molecule has 2 amide bonds. The molecule has 2 rings (SSSR count). The fourth-order valence-corrected chi connectivity index (χ4v) is 2.12. The van der Waals surface area contributed by atoms with Crippen LogP contribution in [0.15, 0.2) is 24.3 Å². The van der Waals surface area contributed by atoms with E-state index in [0.29, 0.717) is 6.42 Å². The molecule has 0 radical (unpaired) electrons. The zero-order valence-corrected chi connectivity index (χ0v) is 11.4. The van der Waals surface area contributed by atoms with E-state index in [1.165, 1.54) is 7.11 Å². The number of hydrogen-bond donors (Lipinski definition) is 3. The zero-order chi connectivity index (χ0) is 15.4. The van der Waals surface area contributed by atoms with E-state index < -0.39 is 17.7 Å². The van der Waals surface area contributed by atoms with Crippen molar-refractivity contribution in [3.05, 3.63) is 35.9 Å². The van der Waals surface area contributed by atoms with Crippen molar-refractivity contribution in [1.29, 1.82) is 0 Å². The van der Waals surface area contributed by atoms with Gasteiger partial charge in [-0.05, 0) is 6.42 Å². The third-order valence-electron chi connectivity index (χ3n) is 3.21. The van der Waals surface area contributed by atoms with Crippen LogP contribution < -0.4 is 15.4 Å². The zero-order valence-electron chi connectivity index (χ0n) is 11.4. The number of nitrogens with one attached hydrogen (secondary N) is 2. The fraction of sp³-hybridized carbons (Fsp3) is 0.357. The number of aliphatic hydroxyl groups excluding tert-OH is 1. The Morgan fingerprint density at radius 3 is 2.76 bits per heavy atom. The first-order valence-corrected chi connectivity index (χ1v) is 6.43. The predicted octanol–water partition coefficient (Wildman–Crippen LogP) is 2.03. The number of anilines is 1. The van der Waals surface area contributed by atoms with Gasteiger partial charge in [0.25, 0.3) is 0 Å². The molecule has 1 aromatic carbocycles. The summed E-state index contributed by atoms with van der Waals surface area (Å²) in [5.74, 6) is -1.79. The highest BCUT2D eigenvalue weighted by Gasteiger charge is 2.20. The van der Waals surface area contributed by atoms with E-state index in [0.717, 1.165) is 12.1 Å². The molecule has 114 valence electrons. The Hall–Kier alpha value is -2.15. The summed E-state index contributed by atoms with van der Waals surface area (Å²) < 4.78 is 31.8. The second kappa shape index (κ2) is 6.53. The number of amides is 2. The minimum Gasteiger partial charge on any atom is -0.494 e. The summed E-state index contributed by atoms with van der Waals surface area (Å²) in [4.78, 5) is 11.7. The normalized spacial score (nSPS) is 20.4. The molecule has 0 aliphatic heterocycles. The van der Waals surface area contributed by atoms with Crippen LogP contribution in [0.5, 0.6) is 5.75 Å². The molecule has 0 unspecified atom stereocenters. The van der Waals surface area contributed by atoms with Gasteiger partial charge in [-0.15, -0.1) is 0 Å². The first kappa shape index (κ1) is 15.2. The van der Waals surface area contributed by atoms with E-state index in [1.54, 1.807) is 12.2 Å². The Bertz CT molecular complexity index is 563. The van der Waals surface area contributed by atoms with E-state index in [2.05, 4.69) is 15.4 Å². The molecule has 21 heavy (non-hydrogen) atoms. The Labute approximate surface area is 120 Å². The van der Waals surface area contributed by atoms with Crippen LogP contribution in [0.2, 0.25) is 0 Å². The number of carbonyl (C=O) groups excluding carboxylic acids is 1. The van der Waals surface area contributed by atoms with Gasteiger partial charge in [-0.25, -0.2) is 13.6 Å². The molecule has 7 heteroatoms. The van der Waals surface area contributed by atoms with Crippen LogP contribution in [0.1, 0.15) is 6.42 Å². The molecule has 1 aliphatic rings. The highest BCUT2D eigenvalue weighted by molar-refractivity contribution is 5.89. The van der Waals surface area contributed by atoms with Gasteiger partial charge in [0.1, 0.15) is 0 Å². The summed E-state index contributed by atoms with van der Waals surface area (Å²) in [5.41, 5.74) is -0.272. The second-order valence-corrected chi connectivity index (χ2v) is 4.73. The van der Waals surface area contributed by atoms with Crippen molar-refractivity contribution in [2.24, 2.45) is 5.92 Å². The van der Waals surface area contributed by atoms with Gasteiger partial charge in [0.15, 0.2) is 17.4 Å². The molecular formula is C14H16F2N2O3. The number of carbonyl (C=O) groups is 1. The summed E-state index contributed by atoms with van der Waals surface area (Å²) in [6.07, 6.45) is 4.13. The van der Waals surface area contributed by atoms with Gasteiger partial charge in [-0.1, -0.05) is 12.2 Å². The first-order chi connectivity index (χ1) is 10.0. The molecule has 3 N–H and O–H groups in total. The fourth-order valence-electron chi connectivity index (χ4n) is 2.12. The lowest BCUT2D eigenvalue weighted by Crippen LogP contribution is -2.36. The summed E-state index contributed by atoms with van der Waals surface area (Å²) in [6, 6.07) is 0.830. The number of ether oxygens (including phenoxy) is 1. The molecule has 0 fully saturated rings. The maximum atomic E-state index is 13.7. The largest absolute Gasteiger partial charge is 0.494 e. The Morgan fingerprint density at radius 1 is 1.38 bits per heavy atom. The third-order valence-corrected chi connectivity index (χ3v) is 3.21. The molecule has 1 aliphatic carbocycles. The van der Waals surface area contributed by atoms with E-state index in [1.807, 2.05) is 0 Å².